The topological polar surface area (TPSA) is 0 Å². The van der Waals surface area contributed by atoms with E-state index in [1.165, 1.54) is 11.6 Å². The first-order chi connectivity index (χ1) is 5.64. The fraction of sp³-hybridized carbons (Fsp3) is 0.333. The van der Waals surface area contributed by atoms with E-state index in [-0.39, 0.29) is 0 Å². The summed E-state index contributed by atoms with van der Waals surface area (Å²) >= 11 is 0. The van der Waals surface area contributed by atoms with Gasteiger partial charge in [-0.2, -0.15) is 0 Å². The van der Waals surface area contributed by atoms with Crippen molar-refractivity contribution >= 4 is 25.9 Å². The van der Waals surface area contributed by atoms with E-state index in [2.05, 4.69) is 53.2 Å². The molecule has 5 radical (unpaired) electrons. The van der Waals surface area contributed by atoms with E-state index in [0.717, 1.165) is 8.55 Å². The predicted molar refractivity (Wildman–Crippen MR) is 59.1 cm³/mol. The molecule has 0 bridgehead atoms. The average Bonchev–Trinajstić information content (AvgIpc) is 2.06. The smallest absolute Gasteiger partial charge is 0.0366 e. The van der Waals surface area contributed by atoms with E-state index in [1.54, 1.807) is 0 Å². The molecule has 0 nitrogen and oxygen atoms in total. The van der Waals surface area contributed by atoms with Crippen LogP contribution in [0.5, 0.6) is 0 Å². The molecule has 0 fully saturated rings. The molecule has 0 heterocycles. The molecule has 1 rings (SSSR count). The highest BCUT2D eigenvalue weighted by molar-refractivity contribution is 7.38. The average molecular weight is 205 g/mol. The SMILES string of the molecule is C[Si](C)(Cc1ccccc1)[Si][Si]. The standard InChI is InChI=1S/C9H13Si3/c1-12(2,11-10)8-9-6-4-3-5-7-9/h3-7H,8H2,1-2H3. The van der Waals surface area contributed by atoms with Crippen molar-refractivity contribution in [2.45, 2.75) is 19.1 Å². The molecule has 0 aromatic heterocycles. The Labute approximate surface area is 81.2 Å². The summed E-state index contributed by atoms with van der Waals surface area (Å²) in [5, 5.41) is 0. The summed E-state index contributed by atoms with van der Waals surface area (Å²) in [6.45, 7) is 4.84. The van der Waals surface area contributed by atoms with Gasteiger partial charge in [0.2, 0.25) is 0 Å². The summed E-state index contributed by atoms with van der Waals surface area (Å²) in [5.74, 6) is 0. The minimum atomic E-state index is -0.977. The maximum atomic E-state index is 3.67. The lowest BCUT2D eigenvalue weighted by atomic mass is 10.2. The van der Waals surface area contributed by atoms with Crippen LogP contribution in [0.2, 0.25) is 13.1 Å². The van der Waals surface area contributed by atoms with Crippen LogP contribution in [0.15, 0.2) is 30.3 Å². The van der Waals surface area contributed by atoms with Crippen LogP contribution < -0.4 is 0 Å². The molecule has 0 amide bonds. The molecule has 0 atom stereocenters. The largest absolute Gasteiger partial charge is 0.0717 e. The highest BCUT2D eigenvalue weighted by Gasteiger charge is 2.17. The van der Waals surface area contributed by atoms with Crippen LogP contribution in [-0.4, -0.2) is 25.9 Å². The van der Waals surface area contributed by atoms with Gasteiger partial charge >= 0.3 is 0 Å². The fourth-order valence-electron chi connectivity index (χ4n) is 1.15. The molecule has 1 aromatic carbocycles. The third kappa shape index (κ3) is 3.08. The molecular weight excluding hydrogens is 192 g/mol. The van der Waals surface area contributed by atoms with Crippen molar-refractivity contribution in [3.05, 3.63) is 35.9 Å². The van der Waals surface area contributed by atoms with E-state index >= 15 is 0 Å². The molecule has 0 saturated carbocycles. The minimum absolute atomic E-state index is 0.954. The van der Waals surface area contributed by atoms with Gasteiger partial charge in [0.1, 0.15) is 0 Å². The molecule has 0 aliphatic rings. The van der Waals surface area contributed by atoms with Crippen LogP contribution >= 0.6 is 0 Å². The fourth-order valence-corrected chi connectivity index (χ4v) is 4.17. The van der Waals surface area contributed by atoms with Crippen molar-refractivity contribution in [3.63, 3.8) is 0 Å². The molecule has 12 heavy (non-hydrogen) atoms. The van der Waals surface area contributed by atoms with Crippen LogP contribution in [-0.2, 0) is 6.04 Å². The van der Waals surface area contributed by atoms with Gasteiger partial charge in [-0.3, -0.25) is 0 Å². The maximum absolute atomic E-state index is 3.67. The van der Waals surface area contributed by atoms with Gasteiger partial charge in [0, 0.05) is 25.9 Å². The number of rotatable bonds is 3. The molecular formula is C9H13Si3. The van der Waals surface area contributed by atoms with Crippen LogP contribution in [0.3, 0.4) is 0 Å². The summed E-state index contributed by atoms with van der Waals surface area (Å²) in [6.07, 6.45) is 0. The second-order valence-corrected chi connectivity index (χ2v) is 15.1. The van der Waals surface area contributed by atoms with Crippen LogP contribution in [0, 0.1) is 0 Å². The van der Waals surface area contributed by atoms with Gasteiger partial charge in [0.15, 0.2) is 0 Å². The van der Waals surface area contributed by atoms with Gasteiger partial charge < -0.3 is 0 Å². The Morgan fingerprint density at radius 1 is 1.25 bits per heavy atom. The van der Waals surface area contributed by atoms with Crippen LogP contribution in [0.4, 0.5) is 0 Å². The van der Waals surface area contributed by atoms with E-state index in [9.17, 15) is 0 Å². The third-order valence-corrected chi connectivity index (χ3v) is 12.4. The van der Waals surface area contributed by atoms with Crippen molar-refractivity contribution < 1.29 is 0 Å². The predicted octanol–water partition coefficient (Wildman–Crippen LogP) is 1.76. The Balaban J connectivity index is 2.64. The summed E-state index contributed by atoms with van der Waals surface area (Å²) in [4.78, 5) is 0. The Bertz CT molecular complexity index is 231. The molecule has 61 valence electrons. The molecule has 0 N–H and O–H groups in total. The van der Waals surface area contributed by atoms with Crippen molar-refractivity contribution in [3.8, 4) is 0 Å². The molecule has 0 aliphatic heterocycles. The second-order valence-electron chi connectivity index (χ2n) is 3.67. The van der Waals surface area contributed by atoms with Gasteiger partial charge in [-0.25, -0.2) is 0 Å². The Morgan fingerprint density at radius 2 is 1.83 bits per heavy atom. The highest BCUT2D eigenvalue weighted by Crippen LogP contribution is 2.09. The second kappa shape index (κ2) is 4.20. The summed E-state index contributed by atoms with van der Waals surface area (Å²) in [7, 11) is 3.64. The molecule has 0 spiro atoms. The molecule has 0 unspecified atom stereocenters. The zero-order valence-electron chi connectivity index (χ0n) is 7.59. The van der Waals surface area contributed by atoms with Gasteiger partial charge in [0.25, 0.3) is 0 Å². The first-order valence-corrected chi connectivity index (χ1v) is 10.8. The summed E-state index contributed by atoms with van der Waals surface area (Å²) in [6, 6.07) is 12.1. The van der Waals surface area contributed by atoms with E-state index < -0.39 is 7.59 Å². The lowest BCUT2D eigenvalue weighted by molar-refractivity contribution is 1.34. The first-order valence-electron chi connectivity index (χ1n) is 4.12. The highest BCUT2D eigenvalue weighted by atomic mass is 29.5. The summed E-state index contributed by atoms with van der Waals surface area (Å²) in [5.41, 5.74) is 1.49. The van der Waals surface area contributed by atoms with E-state index in [0.29, 0.717) is 0 Å². The molecule has 0 aliphatic carbocycles. The Morgan fingerprint density at radius 3 is 2.33 bits per heavy atom. The van der Waals surface area contributed by atoms with Crippen molar-refractivity contribution in [1.29, 1.82) is 0 Å². The molecule has 0 saturated heterocycles. The number of hydrogen-bond donors (Lipinski definition) is 0. The van der Waals surface area contributed by atoms with Gasteiger partial charge in [-0.1, -0.05) is 49.0 Å². The monoisotopic (exact) mass is 205 g/mol. The van der Waals surface area contributed by atoms with E-state index in [1.807, 2.05) is 0 Å². The lowest BCUT2D eigenvalue weighted by Crippen LogP contribution is -2.38. The van der Waals surface area contributed by atoms with Gasteiger partial charge in [-0.15, -0.1) is 0 Å². The van der Waals surface area contributed by atoms with Gasteiger partial charge in [-0.05, 0) is 6.04 Å². The normalized spacial score (nSPS) is 11.6. The Hall–Kier alpha value is -0.129. The first kappa shape index (κ1) is 9.95. The summed E-state index contributed by atoms with van der Waals surface area (Å²) < 4.78 is 0. The minimum Gasteiger partial charge on any atom is -0.0717 e. The zero-order valence-corrected chi connectivity index (χ0v) is 10.6. The van der Waals surface area contributed by atoms with Crippen molar-refractivity contribution in [1.82, 2.24) is 0 Å². The van der Waals surface area contributed by atoms with Crippen LogP contribution in [0.1, 0.15) is 5.56 Å². The third-order valence-electron chi connectivity index (χ3n) is 1.83. The zero-order chi connectivity index (χ0) is 9.03. The van der Waals surface area contributed by atoms with E-state index in [4.69, 9.17) is 0 Å². The number of benzene rings is 1. The maximum Gasteiger partial charge on any atom is 0.0366 e. The van der Waals surface area contributed by atoms with Crippen molar-refractivity contribution in [2.75, 3.05) is 0 Å². The van der Waals surface area contributed by atoms with Gasteiger partial charge in [0.05, 0.1) is 0 Å². The quantitative estimate of drug-likeness (QED) is 0.660. The van der Waals surface area contributed by atoms with Crippen LogP contribution in [0.25, 0.3) is 0 Å². The van der Waals surface area contributed by atoms with Crippen molar-refractivity contribution in [2.24, 2.45) is 0 Å². The molecule has 3 heteroatoms. The molecule has 1 aromatic rings. The lowest BCUT2D eigenvalue weighted by Gasteiger charge is -2.19. The number of hydrogen-bond acceptors (Lipinski definition) is 0. The Kier molecular flexibility index (Phi) is 3.49.